The molecule has 0 amide bonds. The number of rotatable bonds is 0. The van der Waals surface area contributed by atoms with E-state index >= 15 is 0 Å². The number of hydrogen-bond acceptors (Lipinski definition) is 1. The van der Waals surface area contributed by atoms with Gasteiger partial charge in [0.2, 0.25) is 0 Å². The second kappa shape index (κ2) is 3.97. The first kappa shape index (κ1) is 13.4. The summed E-state index contributed by atoms with van der Waals surface area (Å²) in [4.78, 5) is 0. The van der Waals surface area contributed by atoms with Crippen LogP contribution in [0.2, 0.25) is 0 Å². The van der Waals surface area contributed by atoms with Gasteiger partial charge < -0.3 is 5.11 Å². The molecule has 0 aromatic rings. The molecule has 1 N–H and O–H groups in total. The van der Waals surface area contributed by atoms with Crippen LogP contribution in [0.4, 0.5) is 0 Å². The summed E-state index contributed by atoms with van der Waals surface area (Å²) in [6.45, 7) is 11.1. The number of hydrogen-bond donors (Lipinski definition) is 1. The largest absolute Gasteiger partial charge is 0.385 e. The predicted molar refractivity (Wildman–Crippen MR) is 79.9 cm³/mol. The third-order valence-electron chi connectivity index (χ3n) is 6.95. The topological polar surface area (TPSA) is 20.2 Å². The molecule has 1 nitrogen and oxygen atoms in total. The highest BCUT2D eigenvalue weighted by Crippen LogP contribution is 2.67. The Hall–Kier alpha value is -0.560. The molecule has 0 unspecified atom stereocenters. The van der Waals surface area contributed by atoms with Gasteiger partial charge in [-0.1, -0.05) is 32.1 Å². The van der Waals surface area contributed by atoms with Crippen LogP contribution in [0.5, 0.6) is 0 Å². The fourth-order valence-corrected chi connectivity index (χ4v) is 5.43. The Labute approximate surface area is 117 Å². The van der Waals surface area contributed by atoms with E-state index in [1.807, 2.05) is 0 Å². The van der Waals surface area contributed by atoms with Crippen LogP contribution >= 0.6 is 0 Å². The lowest BCUT2D eigenvalue weighted by Gasteiger charge is -2.60. The molecule has 0 aliphatic heterocycles. The molecule has 106 valence electrons. The highest BCUT2D eigenvalue weighted by molar-refractivity contribution is 5.35. The average molecular weight is 260 g/mol. The Morgan fingerprint density at radius 2 is 1.95 bits per heavy atom. The van der Waals surface area contributed by atoms with Gasteiger partial charge in [-0.05, 0) is 62.9 Å². The van der Waals surface area contributed by atoms with Gasteiger partial charge in [0.05, 0.1) is 5.60 Å². The minimum atomic E-state index is -0.571. The molecule has 0 aromatic heterocycles. The van der Waals surface area contributed by atoms with Gasteiger partial charge >= 0.3 is 0 Å². The van der Waals surface area contributed by atoms with Gasteiger partial charge in [-0.3, -0.25) is 0 Å². The third-order valence-corrected chi connectivity index (χ3v) is 6.95. The minimum Gasteiger partial charge on any atom is -0.385 e. The van der Waals surface area contributed by atoms with E-state index in [4.69, 9.17) is 0 Å². The summed E-state index contributed by atoms with van der Waals surface area (Å²) in [6.07, 6.45) is 10.3. The zero-order chi connectivity index (χ0) is 13.9. The molecule has 0 radical (unpaired) electrons. The smallest absolute Gasteiger partial charge is 0.0946 e. The van der Waals surface area contributed by atoms with E-state index in [-0.39, 0.29) is 10.8 Å². The van der Waals surface area contributed by atoms with Gasteiger partial charge in [-0.2, -0.15) is 0 Å². The molecular formula is C18H28O. The van der Waals surface area contributed by atoms with Gasteiger partial charge in [0.15, 0.2) is 0 Å². The van der Waals surface area contributed by atoms with Crippen LogP contribution in [-0.4, -0.2) is 10.7 Å². The Bertz CT molecular complexity index is 449. The molecule has 1 heteroatoms. The molecular weight excluding hydrogens is 232 g/mol. The lowest BCUT2D eigenvalue weighted by atomic mass is 9.47. The summed E-state index contributed by atoms with van der Waals surface area (Å²) in [5.74, 6) is 0.383. The SMILES string of the molecule is C=C1CCC[C@H]2[C@@]1(C)CC[C@@]1(C)CC/C(=C\C)[C@@]21O. The first-order chi connectivity index (χ1) is 8.88. The van der Waals surface area contributed by atoms with E-state index in [0.29, 0.717) is 5.92 Å². The monoisotopic (exact) mass is 260 g/mol. The molecule has 0 aromatic carbocycles. The van der Waals surface area contributed by atoms with Crippen molar-refractivity contribution in [2.75, 3.05) is 0 Å². The lowest BCUT2D eigenvalue weighted by molar-refractivity contribution is -0.150. The van der Waals surface area contributed by atoms with E-state index in [0.717, 1.165) is 25.7 Å². The second-order valence-corrected chi connectivity index (χ2v) is 7.61. The van der Waals surface area contributed by atoms with Crippen molar-refractivity contribution in [3.8, 4) is 0 Å². The Morgan fingerprint density at radius 1 is 1.21 bits per heavy atom. The van der Waals surface area contributed by atoms with Crippen LogP contribution in [0.1, 0.15) is 65.7 Å². The van der Waals surface area contributed by atoms with Crippen LogP contribution in [0, 0.1) is 16.7 Å². The first-order valence-corrected chi connectivity index (χ1v) is 7.95. The van der Waals surface area contributed by atoms with E-state index in [2.05, 4.69) is 33.4 Å². The van der Waals surface area contributed by atoms with E-state index < -0.39 is 5.60 Å². The molecule has 3 aliphatic carbocycles. The zero-order valence-electron chi connectivity index (χ0n) is 12.8. The van der Waals surface area contributed by atoms with Gasteiger partial charge in [0, 0.05) is 11.3 Å². The molecule has 4 atom stereocenters. The van der Waals surface area contributed by atoms with E-state index in [9.17, 15) is 5.11 Å². The fraction of sp³-hybridized carbons (Fsp3) is 0.778. The normalized spacial score (nSPS) is 52.1. The predicted octanol–water partition coefficient (Wildman–Crippen LogP) is 4.62. The number of fused-ring (bicyclic) bond motifs is 3. The molecule has 0 spiro atoms. The maximum atomic E-state index is 11.7. The molecule has 3 saturated carbocycles. The molecule has 3 rings (SSSR count). The van der Waals surface area contributed by atoms with Crippen molar-refractivity contribution in [3.05, 3.63) is 23.8 Å². The van der Waals surface area contributed by atoms with Crippen molar-refractivity contribution in [2.45, 2.75) is 71.3 Å². The van der Waals surface area contributed by atoms with Gasteiger partial charge in [0.1, 0.15) is 0 Å². The van der Waals surface area contributed by atoms with Crippen molar-refractivity contribution in [1.29, 1.82) is 0 Å². The lowest BCUT2D eigenvalue weighted by Crippen LogP contribution is -2.60. The van der Waals surface area contributed by atoms with Gasteiger partial charge in [0.25, 0.3) is 0 Å². The molecule has 0 bridgehead atoms. The van der Waals surface area contributed by atoms with Gasteiger partial charge in [-0.25, -0.2) is 0 Å². The molecule has 3 aliphatic rings. The van der Waals surface area contributed by atoms with Crippen molar-refractivity contribution >= 4 is 0 Å². The summed E-state index contributed by atoms with van der Waals surface area (Å²) < 4.78 is 0. The summed E-state index contributed by atoms with van der Waals surface area (Å²) in [5, 5.41) is 11.7. The number of aliphatic hydroxyl groups is 1. The van der Waals surface area contributed by atoms with Crippen molar-refractivity contribution in [3.63, 3.8) is 0 Å². The van der Waals surface area contributed by atoms with Crippen LogP contribution in [0.3, 0.4) is 0 Å². The van der Waals surface area contributed by atoms with Crippen LogP contribution in [0.25, 0.3) is 0 Å². The average Bonchev–Trinajstić information content (AvgIpc) is 2.65. The summed E-state index contributed by atoms with van der Waals surface area (Å²) in [5.41, 5.74) is 2.38. The Balaban J connectivity index is 2.12. The summed E-state index contributed by atoms with van der Waals surface area (Å²) >= 11 is 0. The van der Waals surface area contributed by atoms with Gasteiger partial charge in [-0.15, -0.1) is 0 Å². The number of allylic oxidation sites excluding steroid dienone is 2. The van der Waals surface area contributed by atoms with Crippen LogP contribution in [-0.2, 0) is 0 Å². The maximum Gasteiger partial charge on any atom is 0.0946 e. The molecule has 3 fully saturated rings. The van der Waals surface area contributed by atoms with Crippen molar-refractivity contribution in [2.24, 2.45) is 16.7 Å². The van der Waals surface area contributed by atoms with Crippen LogP contribution in [0.15, 0.2) is 23.8 Å². The molecule has 0 saturated heterocycles. The molecule has 0 heterocycles. The minimum absolute atomic E-state index is 0.0939. The Morgan fingerprint density at radius 3 is 2.63 bits per heavy atom. The fourth-order valence-electron chi connectivity index (χ4n) is 5.43. The first-order valence-electron chi connectivity index (χ1n) is 7.95. The second-order valence-electron chi connectivity index (χ2n) is 7.61. The summed E-state index contributed by atoms with van der Waals surface area (Å²) in [6, 6.07) is 0. The summed E-state index contributed by atoms with van der Waals surface area (Å²) in [7, 11) is 0. The third kappa shape index (κ3) is 1.46. The molecule has 19 heavy (non-hydrogen) atoms. The Kier molecular flexibility index (Phi) is 2.81. The zero-order valence-corrected chi connectivity index (χ0v) is 12.8. The van der Waals surface area contributed by atoms with E-state index in [1.165, 1.54) is 30.4 Å². The maximum absolute atomic E-state index is 11.7. The quantitative estimate of drug-likeness (QED) is 0.630. The van der Waals surface area contributed by atoms with Crippen LogP contribution < -0.4 is 0 Å². The van der Waals surface area contributed by atoms with Crippen molar-refractivity contribution in [1.82, 2.24) is 0 Å². The highest BCUT2D eigenvalue weighted by Gasteiger charge is 2.65. The van der Waals surface area contributed by atoms with Crippen molar-refractivity contribution < 1.29 is 5.11 Å². The van der Waals surface area contributed by atoms with E-state index in [1.54, 1.807) is 0 Å². The standard InChI is InChI=1S/C18H28O/c1-5-14-9-10-16(3)11-12-17(4)13(2)7-6-8-15(17)18(14,16)19/h5,15,19H,2,6-12H2,1,3-4H3/b14-5+/t15-,16+,17-,18+/m0/s1. The highest BCUT2D eigenvalue weighted by atomic mass is 16.3.